The van der Waals surface area contributed by atoms with Crippen LogP contribution in [0.2, 0.25) is 0 Å². The molecule has 1 amide bonds. The average molecular weight is 379 g/mol. The Kier molecular flexibility index (Phi) is 4.54. The third-order valence-electron chi connectivity index (χ3n) is 1.75. The SMILES string of the molecule is O=C(Nc1cc(Br)ccc1Br)C(F)(F)C(F)F. The van der Waals surface area contributed by atoms with Crippen LogP contribution in [0, 0.1) is 0 Å². The number of carbonyl (C=O) groups is 1. The van der Waals surface area contributed by atoms with Crippen LogP contribution in [0.15, 0.2) is 27.1 Å². The first-order valence-electron chi connectivity index (χ1n) is 4.17. The van der Waals surface area contributed by atoms with Crippen molar-refractivity contribution in [3.63, 3.8) is 0 Å². The second-order valence-corrected chi connectivity index (χ2v) is 4.77. The van der Waals surface area contributed by atoms with Crippen molar-refractivity contribution in [2.45, 2.75) is 12.3 Å². The van der Waals surface area contributed by atoms with Crippen LogP contribution in [-0.4, -0.2) is 18.3 Å². The third-order valence-corrected chi connectivity index (χ3v) is 2.94. The van der Waals surface area contributed by atoms with E-state index < -0.39 is 18.3 Å². The van der Waals surface area contributed by atoms with Gasteiger partial charge in [-0.05, 0) is 34.1 Å². The summed E-state index contributed by atoms with van der Waals surface area (Å²) in [7, 11) is 0. The van der Waals surface area contributed by atoms with Gasteiger partial charge < -0.3 is 5.32 Å². The number of rotatable bonds is 3. The van der Waals surface area contributed by atoms with Crippen molar-refractivity contribution in [1.29, 1.82) is 0 Å². The number of nitrogens with one attached hydrogen (secondary N) is 1. The van der Waals surface area contributed by atoms with Gasteiger partial charge in [0.25, 0.3) is 0 Å². The van der Waals surface area contributed by atoms with Gasteiger partial charge >= 0.3 is 18.3 Å². The lowest BCUT2D eigenvalue weighted by molar-refractivity contribution is -0.163. The minimum Gasteiger partial charge on any atom is -0.320 e. The fourth-order valence-electron chi connectivity index (χ4n) is 0.898. The predicted octanol–water partition coefficient (Wildman–Crippen LogP) is 4.05. The van der Waals surface area contributed by atoms with Crippen LogP contribution >= 0.6 is 31.9 Å². The summed E-state index contributed by atoms with van der Waals surface area (Å²) in [6.07, 6.45) is -4.05. The number of anilines is 1. The van der Waals surface area contributed by atoms with Crippen LogP contribution in [0.25, 0.3) is 0 Å². The Labute approximate surface area is 111 Å². The molecule has 0 heterocycles. The maximum Gasteiger partial charge on any atom is 0.383 e. The number of hydrogen-bond donors (Lipinski definition) is 1. The summed E-state index contributed by atoms with van der Waals surface area (Å²) in [6, 6.07) is 4.37. The zero-order valence-electron chi connectivity index (χ0n) is 7.99. The van der Waals surface area contributed by atoms with E-state index in [9.17, 15) is 22.4 Å². The van der Waals surface area contributed by atoms with E-state index in [1.54, 1.807) is 11.4 Å². The Morgan fingerprint density at radius 2 is 1.88 bits per heavy atom. The second kappa shape index (κ2) is 5.34. The molecule has 0 aromatic heterocycles. The standard InChI is InChI=1S/C9H5Br2F4NO/c10-4-1-2-5(11)6(3-4)16-8(17)9(14,15)7(12)13/h1-3,7H,(H,16,17). The Balaban J connectivity index is 2.92. The number of carbonyl (C=O) groups excluding carboxylic acids is 1. The molecule has 1 aromatic carbocycles. The molecule has 94 valence electrons. The number of benzene rings is 1. The molecule has 0 aliphatic heterocycles. The fourth-order valence-corrected chi connectivity index (χ4v) is 1.60. The largest absolute Gasteiger partial charge is 0.383 e. The number of hydrogen-bond acceptors (Lipinski definition) is 1. The monoisotopic (exact) mass is 377 g/mol. The van der Waals surface area contributed by atoms with Gasteiger partial charge in [-0.25, -0.2) is 8.78 Å². The Hall–Kier alpha value is -0.630. The van der Waals surface area contributed by atoms with E-state index in [0.717, 1.165) is 0 Å². The minimum absolute atomic E-state index is 0.0234. The van der Waals surface area contributed by atoms with Gasteiger partial charge in [-0.3, -0.25) is 4.79 Å². The third kappa shape index (κ3) is 3.41. The van der Waals surface area contributed by atoms with Crippen LogP contribution in [0.5, 0.6) is 0 Å². The molecular weight excluding hydrogens is 374 g/mol. The topological polar surface area (TPSA) is 29.1 Å². The van der Waals surface area contributed by atoms with Crippen molar-refractivity contribution >= 4 is 43.5 Å². The summed E-state index contributed by atoms with van der Waals surface area (Å²) >= 11 is 6.05. The summed E-state index contributed by atoms with van der Waals surface area (Å²) < 4.78 is 50.0. The molecule has 0 atom stereocenters. The van der Waals surface area contributed by atoms with Gasteiger partial charge in [-0.2, -0.15) is 8.78 Å². The lowest BCUT2D eigenvalue weighted by Crippen LogP contribution is -2.41. The quantitative estimate of drug-likeness (QED) is 0.790. The molecule has 2 nitrogen and oxygen atoms in total. The zero-order chi connectivity index (χ0) is 13.2. The van der Waals surface area contributed by atoms with Gasteiger partial charge in [0.05, 0.1) is 5.69 Å². The smallest absolute Gasteiger partial charge is 0.320 e. The molecule has 0 spiro atoms. The molecule has 0 saturated carbocycles. The summed E-state index contributed by atoms with van der Waals surface area (Å²) in [4.78, 5) is 11.0. The molecule has 1 aromatic rings. The lowest BCUT2D eigenvalue weighted by Gasteiger charge is -2.15. The first-order chi connectivity index (χ1) is 7.75. The number of alkyl halides is 4. The fraction of sp³-hybridized carbons (Fsp3) is 0.222. The number of halogens is 6. The zero-order valence-corrected chi connectivity index (χ0v) is 11.2. The molecule has 0 saturated heterocycles. The summed E-state index contributed by atoms with van der Waals surface area (Å²) in [5.41, 5.74) is -0.0234. The summed E-state index contributed by atoms with van der Waals surface area (Å²) in [6.45, 7) is 0. The molecule has 0 aliphatic carbocycles. The first kappa shape index (κ1) is 14.4. The van der Waals surface area contributed by atoms with Gasteiger partial charge in [-0.1, -0.05) is 15.9 Å². The van der Waals surface area contributed by atoms with E-state index in [1.807, 2.05) is 0 Å². The highest BCUT2D eigenvalue weighted by Crippen LogP contribution is 2.29. The van der Waals surface area contributed by atoms with Gasteiger partial charge in [-0.15, -0.1) is 0 Å². The molecule has 0 radical (unpaired) electrons. The van der Waals surface area contributed by atoms with E-state index in [-0.39, 0.29) is 5.69 Å². The Morgan fingerprint density at radius 1 is 1.29 bits per heavy atom. The molecule has 1 rings (SSSR count). The molecule has 0 bridgehead atoms. The van der Waals surface area contributed by atoms with E-state index in [4.69, 9.17) is 0 Å². The Bertz CT molecular complexity index is 439. The highest BCUT2D eigenvalue weighted by molar-refractivity contribution is 9.11. The van der Waals surface area contributed by atoms with Crippen molar-refractivity contribution in [2.24, 2.45) is 0 Å². The lowest BCUT2D eigenvalue weighted by atomic mass is 10.3. The van der Waals surface area contributed by atoms with Crippen LogP contribution < -0.4 is 5.32 Å². The predicted molar refractivity (Wildman–Crippen MR) is 61.4 cm³/mol. The summed E-state index contributed by atoms with van der Waals surface area (Å²) in [5, 5.41) is 1.73. The maximum absolute atomic E-state index is 12.7. The van der Waals surface area contributed by atoms with Gasteiger partial charge in [0.1, 0.15) is 0 Å². The van der Waals surface area contributed by atoms with E-state index >= 15 is 0 Å². The van der Waals surface area contributed by atoms with Gasteiger partial charge in [0.2, 0.25) is 0 Å². The Morgan fingerprint density at radius 3 is 2.41 bits per heavy atom. The average Bonchev–Trinajstić information content (AvgIpc) is 2.23. The van der Waals surface area contributed by atoms with Crippen LogP contribution in [0.4, 0.5) is 23.2 Å². The van der Waals surface area contributed by atoms with Crippen molar-refractivity contribution in [3.8, 4) is 0 Å². The molecule has 8 heteroatoms. The summed E-state index contributed by atoms with van der Waals surface area (Å²) in [5.74, 6) is -6.77. The van der Waals surface area contributed by atoms with Crippen molar-refractivity contribution in [1.82, 2.24) is 0 Å². The molecule has 1 N–H and O–H groups in total. The number of amides is 1. The van der Waals surface area contributed by atoms with Gasteiger partial charge in [0.15, 0.2) is 0 Å². The van der Waals surface area contributed by atoms with Crippen LogP contribution in [-0.2, 0) is 4.79 Å². The molecule has 0 fully saturated rings. The normalized spacial score (nSPS) is 11.7. The highest BCUT2D eigenvalue weighted by atomic mass is 79.9. The van der Waals surface area contributed by atoms with Crippen molar-refractivity contribution < 1.29 is 22.4 Å². The molecule has 17 heavy (non-hydrogen) atoms. The van der Waals surface area contributed by atoms with E-state index in [1.165, 1.54) is 12.1 Å². The van der Waals surface area contributed by atoms with Crippen LogP contribution in [0.1, 0.15) is 0 Å². The second-order valence-electron chi connectivity index (χ2n) is 3.00. The minimum atomic E-state index is -4.72. The molecular formula is C9H5Br2F4NO. The highest BCUT2D eigenvalue weighted by Gasteiger charge is 2.49. The van der Waals surface area contributed by atoms with E-state index in [2.05, 4.69) is 31.9 Å². The van der Waals surface area contributed by atoms with Crippen LogP contribution in [0.3, 0.4) is 0 Å². The maximum atomic E-state index is 12.7. The first-order valence-corrected chi connectivity index (χ1v) is 5.76. The molecule has 0 aliphatic rings. The van der Waals surface area contributed by atoms with E-state index in [0.29, 0.717) is 8.95 Å². The van der Waals surface area contributed by atoms with Crippen molar-refractivity contribution in [3.05, 3.63) is 27.1 Å². The van der Waals surface area contributed by atoms with Gasteiger partial charge in [0, 0.05) is 8.95 Å². The molecule has 0 unspecified atom stereocenters. The van der Waals surface area contributed by atoms with Crippen molar-refractivity contribution in [2.75, 3.05) is 5.32 Å².